The molecule has 0 aliphatic heterocycles. The van der Waals surface area contributed by atoms with Crippen LogP contribution in [-0.2, 0) is 0 Å². The molecular weight excluding hydrogens is 269 g/mol. The molecule has 3 nitrogen and oxygen atoms in total. The highest BCUT2D eigenvalue weighted by Gasteiger charge is 2.15. The second kappa shape index (κ2) is 4.98. The Hall–Kier alpha value is -0.290. The fourth-order valence-electron chi connectivity index (χ4n) is 1.17. The van der Waals surface area contributed by atoms with Crippen molar-refractivity contribution in [3.05, 3.63) is 27.2 Å². The number of rotatable bonds is 3. The maximum Gasteiger partial charge on any atom is 0.138 e. The number of benzene rings is 1. The first-order valence-electron chi connectivity index (χ1n) is 4.01. The van der Waals surface area contributed by atoms with E-state index in [0.29, 0.717) is 20.8 Å². The van der Waals surface area contributed by atoms with Crippen molar-refractivity contribution in [2.45, 2.75) is 6.10 Å². The van der Waals surface area contributed by atoms with Crippen LogP contribution in [0.5, 0.6) is 5.75 Å². The first-order valence-corrected chi connectivity index (χ1v) is 5.18. The molecule has 0 fully saturated rings. The normalized spacial score (nSPS) is 12.6. The SMILES string of the molecule is COc1c(Br)cc(Cl)cc1[C@H](O)CN. The van der Waals surface area contributed by atoms with Crippen molar-refractivity contribution in [2.24, 2.45) is 5.73 Å². The molecule has 0 aromatic heterocycles. The second-order valence-corrected chi connectivity index (χ2v) is 4.05. The van der Waals surface area contributed by atoms with E-state index in [1.807, 2.05) is 0 Å². The van der Waals surface area contributed by atoms with Gasteiger partial charge in [0.1, 0.15) is 5.75 Å². The van der Waals surface area contributed by atoms with Gasteiger partial charge in [0.25, 0.3) is 0 Å². The zero-order valence-electron chi connectivity index (χ0n) is 7.63. The molecule has 1 atom stereocenters. The third-order valence-corrected chi connectivity index (χ3v) is 2.63. The molecule has 1 rings (SSSR count). The lowest BCUT2D eigenvalue weighted by Crippen LogP contribution is -2.12. The average molecular weight is 281 g/mol. The van der Waals surface area contributed by atoms with Crippen molar-refractivity contribution in [1.82, 2.24) is 0 Å². The highest BCUT2D eigenvalue weighted by Crippen LogP contribution is 2.35. The number of methoxy groups -OCH3 is 1. The highest BCUT2D eigenvalue weighted by molar-refractivity contribution is 9.10. The number of aliphatic hydroxyl groups excluding tert-OH is 1. The van der Waals surface area contributed by atoms with Gasteiger partial charge in [0.15, 0.2) is 0 Å². The molecule has 78 valence electrons. The quantitative estimate of drug-likeness (QED) is 0.891. The first kappa shape index (κ1) is 11.8. The molecule has 0 saturated heterocycles. The predicted molar refractivity (Wildman–Crippen MR) is 59.7 cm³/mol. The summed E-state index contributed by atoms with van der Waals surface area (Å²) in [5.74, 6) is 0.562. The van der Waals surface area contributed by atoms with Gasteiger partial charge >= 0.3 is 0 Å². The number of hydrogen-bond donors (Lipinski definition) is 2. The summed E-state index contributed by atoms with van der Waals surface area (Å²) >= 11 is 9.14. The Morgan fingerprint density at radius 3 is 2.79 bits per heavy atom. The Morgan fingerprint density at radius 1 is 1.64 bits per heavy atom. The third-order valence-electron chi connectivity index (χ3n) is 1.82. The highest BCUT2D eigenvalue weighted by atomic mass is 79.9. The maximum absolute atomic E-state index is 9.61. The molecule has 0 aliphatic carbocycles. The van der Waals surface area contributed by atoms with Gasteiger partial charge in [-0.05, 0) is 28.1 Å². The van der Waals surface area contributed by atoms with Crippen LogP contribution in [0.3, 0.4) is 0 Å². The zero-order chi connectivity index (χ0) is 10.7. The van der Waals surface area contributed by atoms with Crippen LogP contribution in [0.25, 0.3) is 0 Å². The van der Waals surface area contributed by atoms with Gasteiger partial charge in [0.2, 0.25) is 0 Å². The largest absolute Gasteiger partial charge is 0.495 e. The number of halogens is 2. The van der Waals surface area contributed by atoms with Crippen LogP contribution in [0.4, 0.5) is 0 Å². The van der Waals surface area contributed by atoms with E-state index in [-0.39, 0.29) is 6.54 Å². The summed E-state index contributed by atoms with van der Waals surface area (Å²) in [5, 5.41) is 10.1. The molecule has 0 amide bonds. The van der Waals surface area contributed by atoms with E-state index in [1.165, 1.54) is 7.11 Å². The summed E-state index contributed by atoms with van der Waals surface area (Å²) < 4.78 is 5.84. The molecule has 1 aromatic rings. The van der Waals surface area contributed by atoms with Gasteiger partial charge in [-0.3, -0.25) is 0 Å². The summed E-state index contributed by atoms with van der Waals surface area (Å²) in [6.07, 6.45) is -0.764. The Bertz CT molecular complexity index is 333. The van der Waals surface area contributed by atoms with Crippen LogP contribution in [0.2, 0.25) is 5.02 Å². The topological polar surface area (TPSA) is 55.5 Å². The fourth-order valence-corrected chi connectivity index (χ4v) is 2.17. The van der Waals surface area contributed by atoms with Crippen LogP contribution in [0.15, 0.2) is 16.6 Å². The number of nitrogens with two attached hydrogens (primary N) is 1. The molecule has 0 saturated carbocycles. The van der Waals surface area contributed by atoms with Crippen molar-refractivity contribution in [3.63, 3.8) is 0 Å². The van der Waals surface area contributed by atoms with Crippen LogP contribution in [0.1, 0.15) is 11.7 Å². The Kier molecular flexibility index (Phi) is 4.19. The summed E-state index contributed by atoms with van der Waals surface area (Å²) in [7, 11) is 1.53. The van der Waals surface area contributed by atoms with Gasteiger partial charge < -0.3 is 15.6 Å². The van der Waals surface area contributed by atoms with Gasteiger partial charge in [-0.1, -0.05) is 11.6 Å². The van der Waals surface area contributed by atoms with Gasteiger partial charge in [-0.25, -0.2) is 0 Å². The summed E-state index contributed by atoms with van der Waals surface area (Å²) in [6, 6.07) is 3.34. The van der Waals surface area contributed by atoms with Crippen LogP contribution in [-0.4, -0.2) is 18.8 Å². The zero-order valence-corrected chi connectivity index (χ0v) is 9.97. The second-order valence-electron chi connectivity index (χ2n) is 2.76. The number of ether oxygens (including phenoxy) is 1. The standard InChI is InChI=1S/C9H11BrClNO2/c1-14-9-6(8(13)4-12)2-5(11)3-7(9)10/h2-3,8,13H,4,12H2,1H3/t8-/m1/s1. The summed E-state index contributed by atoms with van der Waals surface area (Å²) in [4.78, 5) is 0. The van der Waals surface area contributed by atoms with E-state index in [1.54, 1.807) is 12.1 Å². The summed E-state index contributed by atoms with van der Waals surface area (Å²) in [6.45, 7) is 0.128. The molecular formula is C9H11BrClNO2. The predicted octanol–water partition coefficient (Wildman–Crippen LogP) is 2.10. The Labute approximate surface area is 95.9 Å². The van der Waals surface area contributed by atoms with E-state index >= 15 is 0 Å². The van der Waals surface area contributed by atoms with E-state index in [4.69, 9.17) is 22.1 Å². The van der Waals surface area contributed by atoms with Crippen molar-refractivity contribution >= 4 is 27.5 Å². The minimum absolute atomic E-state index is 0.128. The number of hydrogen-bond acceptors (Lipinski definition) is 3. The monoisotopic (exact) mass is 279 g/mol. The van der Waals surface area contributed by atoms with Gasteiger partial charge in [0.05, 0.1) is 17.7 Å². The molecule has 0 bridgehead atoms. The van der Waals surface area contributed by atoms with E-state index in [0.717, 1.165) is 0 Å². The number of aliphatic hydroxyl groups is 1. The van der Waals surface area contributed by atoms with Crippen molar-refractivity contribution in [3.8, 4) is 5.75 Å². The summed E-state index contributed by atoms with van der Waals surface area (Å²) in [5.41, 5.74) is 5.96. The molecule has 0 heterocycles. The Balaban J connectivity index is 3.24. The lowest BCUT2D eigenvalue weighted by molar-refractivity contribution is 0.182. The van der Waals surface area contributed by atoms with E-state index in [2.05, 4.69) is 15.9 Å². The smallest absolute Gasteiger partial charge is 0.138 e. The first-order chi connectivity index (χ1) is 6.60. The third kappa shape index (κ3) is 2.39. The van der Waals surface area contributed by atoms with Crippen molar-refractivity contribution in [2.75, 3.05) is 13.7 Å². The fraction of sp³-hybridized carbons (Fsp3) is 0.333. The van der Waals surface area contributed by atoms with Crippen molar-refractivity contribution < 1.29 is 9.84 Å². The molecule has 0 unspecified atom stereocenters. The Morgan fingerprint density at radius 2 is 2.29 bits per heavy atom. The molecule has 14 heavy (non-hydrogen) atoms. The maximum atomic E-state index is 9.61. The van der Waals surface area contributed by atoms with Crippen LogP contribution in [0, 0.1) is 0 Å². The molecule has 0 radical (unpaired) electrons. The van der Waals surface area contributed by atoms with Gasteiger partial charge in [-0.2, -0.15) is 0 Å². The van der Waals surface area contributed by atoms with Crippen molar-refractivity contribution in [1.29, 1.82) is 0 Å². The molecule has 0 aliphatic rings. The van der Waals surface area contributed by atoms with E-state index in [9.17, 15) is 5.11 Å². The van der Waals surface area contributed by atoms with Gasteiger partial charge in [-0.15, -0.1) is 0 Å². The molecule has 1 aromatic carbocycles. The minimum atomic E-state index is -0.764. The lowest BCUT2D eigenvalue weighted by atomic mass is 10.1. The minimum Gasteiger partial charge on any atom is -0.495 e. The van der Waals surface area contributed by atoms with Gasteiger partial charge in [0, 0.05) is 17.1 Å². The molecule has 0 spiro atoms. The lowest BCUT2D eigenvalue weighted by Gasteiger charge is -2.14. The van der Waals surface area contributed by atoms with Crippen LogP contribution >= 0.6 is 27.5 Å². The van der Waals surface area contributed by atoms with Crippen LogP contribution < -0.4 is 10.5 Å². The molecule has 5 heteroatoms. The average Bonchev–Trinajstić information content (AvgIpc) is 2.15. The molecule has 3 N–H and O–H groups in total. The van der Waals surface area contributed by atoms with E-state index < -0.39 is 6.10 Å².